The van der Waals surface area contributed by atoms with Gasteiger partial charge in [0.2, 0.25) is 0 Å². The molecule has 30 heavy (non-hydrogen) atoms. The molecule has 1 spiro atoms. The summed E-state index contributed by atoms with van der Waals surface area (Å²) in [5.74, 6) is 0.0117. The van der Waals surface area contributed by atoms with Gasteiger partial charge in [0.25, 0.3) is 5.91 Å². The Hall–Kier alpha value is -2.41. The number of hydrazone groups is 1. The third kappa shape index (κ3) is 2.86. The predicted octanol–water partition coefficient (Wildman–Crippen LogP) is 2.79. The SMILES string of the molecule is CC1=NN(c2ccc(Cl)cc2)C(=O)C12Cc1ccccc1N1CCN(CCO)CC12. The number of nitrogens with zero attached hydrogens (tertiary/aromatic N) is 4. The first-order chi connectivity index (χ1) is 14.5. The number of piperazine rings is 1. The Morgan fingerprint density at radius 1 is 1.17 bits per heavy atom. The van der Waals surface area contributed by atoms with E-state index < -0.39 is 5.41 Å². The second kappa shape index (κ2) is 7.38. The standard InChI is InChI=1S/C23H25ClN4O2/c1-16-23(22(30)28(25-16)19-8-6-18(24)7-9-19)14-17-4-2-3-5-20(17)27-11-10-26(12-13-29)15-21(23)27/h2-9,21,29H,10-15H2,1H3. The van der Waals surface area contributed by atoms with Crippen molar-refractivity contribution in [2.24, 2.45) is 10.5 Å². The summed E-state index contributed by atoms with van der Waals surface area (Å²) in [6.45, 7) is 5.13. The van der Waals surface area contributed by atoms with E-state index in [1.54, 1.807) is 17.1 Å². The van der Waals surface area contributed by atoms with E-state index in [0.29, 0.717) is 18.0 Å². The van der Waals surface area contributed by atoms with Crippen LogP contribution in [-0.4, -0.2) is 60.5 Å². The zero-order valence-corrected chi connectivity index (χ0v) is 17.7. The van der Waals surface area contributed by atoms with E-state index in [2.05, 4.69) is 28.0 Å². The van der Waals surface area contributed by atoms with Gasteiger partial charge in [-0.15, -0.1) is 0 Å². The number of carbonyl (C=O) groups excluding carboxylic acids is 1. The minimum absolute atomic E-state index is 0.0117. The maximum absolute atomic E-state index is 14.0. The van der Waals surface area contributed by atoms with Crippen LogP contribution in [0.2, 0.25) is 5.02 Å². The highest BCUT2D eigenvalue weighted by atomic mass is 35.5. The number of benzene rings is 2. The Bertz CT molecular complexity index is 1010. The van der Waals surface area contributed by atoms with E-state index >= 15 is 0 Å². The van der Waals surface area contributed by atoms with Crippen molar-refractivity contribution in [2.45, 2.75) is 19.4 Å². The van der Waals surface area contributed by atoms with Gasteiger partial charge in [-0.3, -0.25) is 9.69 Å². The van der Waals surface area contributed by atoms with Crippen molar-refractivity contribution < 1.29 is 9.90 Å². The smallest absolute Gasteiger partial charge is 0.261 e. The molecule has 2 aromatic rings. The molecule has 1 saturated heterocycles. The molecule has 0 aromatic heterocycles. The summed E-state index contributed by atoms with van der Waals surface area (Å²) in [5.41, 5.74) is 3.25. The lowest BCUT2D eigenvalue weighted by Crippen LogP contribution is -2.67. The second-order valence-electron chi connectivity index (χ2n) is 8.29. The van der Waals surface area contributed by atoms with Crippen molar-refractivity contribution in [1.29, 1.82) is 0 Å². The van der Waals surface area contributed by atoms with Crippen LogP contribution in [0.15, 0.2) is 53.6 Å². The van der Waals surface area contributed by atoms with Crippen LogP contribution in [0.1, 0.15) is 12.5 Å². The summed E-state index contributed by atoms with van der Waals surface area (Å²) < 4.78 is 0. The van der Waals surface area contributed by atoms with Gasteiger partial charge in [0.05, 0.1) is 24.0 Å². The van der Waals surface area contributed by atoms with E-state index in [9.17, 15) is 9.90 Å². The third-order valence-corrected chi connectivity index (χ3v) is 7.01. The Kier molecular flexibility index (Phi) is 4.81. The van der Waals surface area contributed by atoms with E-state index in [0.717, 1.165) is 31.0 Å². The highest BCUT2D eigenvalue weighted by Crippen LogP contribution is 2.48. The fourth-order valence-corrected chi connectivity index (χ4v) is 5.35. The molecule has 0 aliphatic carbocycles. The quantitative estimate of drug-likeness (QED) is 0.823. The van der Waals surface area contributed by atoms with Gasteiger partial charge in [0.15, 0.2) is 0 Å². The predicted molar refractivity (Wildman–Crippen MR) is 119 cm³/mol. The number of carbonyl (C=O) groups is 1. The molecule has 3 heterocycles. The molecular weight excluding hydrogens is 400 g/mol. The molecule has 5 rings (SSSR count). The van der Waals surface area contributed by atoms with Crippen LogP contribution in [-0.2, 0) is 11.2 Å². The van der Waals surface area contributed by atoms with Crippen LogP contribution in [0.4, 0.5) is 11.4 Å². The number of fused-ring (bicyclic) bond motifs is 4. The molecule has 1 fully saturated rings. The third-order valence-electron chi connectivity index (χ3n) is 6.76. The fourth-order valence-electron chi connectivity index (χ4n) is 5.23. The molecule has 0 radical (unpaired) electrons. The van der Waals surface area contributed by atoms with Gasteiger partial charge in [-0.2, -0.15) is 10.1 Å². The molecule has 0 bridgehead atoms. The minimum Gasteiger partial charge on any atom is -0.395 e. The maximum Gasteiger partial charge on any atom is 0.261 e. The number of aliphatic hydroxyl groups excluding tert-OH is 1. The van der Waals surface area contributed by atoms with Crippen molar-refractivity contribution in [2.75, 3.05) is 42.7 Å². The fraction of sp³-hybridized carbons (Fsp3) is 0.391. The van der Waals surface area contributed by atoms with E-state index in [1.807, 2.05) is 25.1 Å². The molecule has 1 N–H and O–H groups in total. The maximum atomic E-state index is 14.0. The zero-order chi connectivity index (χ0) is 20.9. The van der Waals surface area contributed by atoms with Crippen LogP contribution >= 0.6 is 11.6 Å². The molecule has 156 valence electrons. The van der Waals surface area contributed by atoms with Crippen molar-refractivity contribution in [3.63, 3.8) is 0 Å². The number of halogens is 1. The highest BCUT2D eigenvalue weighted by molar-refractivity contribution is 6.30. The Morgan fingerprint density at radius 2 is 1.93 bits per heavy atom. The minimum atomic E-state index is -0.720. The lowest BCUT2D eigenvalue weighted by atomic mass is 9.67. The van der Waals surface area contributed by atoms with Crippen molar-refractivity contribution in [3.05, 3.63) is 59.1 Å². The summed E-state index contributed by atoms with van der Waals surface area (Å²) in [5, 5.41) is 16.4. The van der Waals surface area contributed by atoms with Crippen LogP contribution < -0.4 is 9.91 Å². The Balaban J connectivity index is 1.59. The molecule has 2 atom stereocenters. The topological polar surface area (TPSA) is 59.4 Å². The van der Waals surface area contributed by atoms with Gasteiger partial charge in [-0.1, -0.05) is 29.8 Å². The largest absolute Gasteiger partial charge is 0.395 e. The van der Waals surface area contributed by atoms with Gasteiger partial charge < -0.3 is 10.0 Å². The van der Waals surface area contributed by atoms with Crippen LogP contribution in [0.3, 0.4) is 0 Å². The number of para-hydroxylation sites is 1. The molecule has 3 aliphatic rings. The number of β-amino-alcohol motifs (C(OH)–C–C–N with tert-alkyl or cyclic N) is 1. The van der Waals surface area contributed by atoms with E-state index in [1.165, 1.54) is 11.3 Å². The Labute approximate surface area is 181 Å². The van der Waals surface area contributed by atoms with Gasteiger partial charge in [-0.05, 0) is 49.2 Å². The highest BCUT2D eigenvalue weighted by Gasteiger charge is 2.59. The molecule has 3 aliphatic heterocycles. The van der Waals surface area contributed by atoms with Crippen molar-refractivity contribution in [3.8, 4) is 0 Å². The molecule has 1 amide bonds. The lowest BCUT2D eigenvalue weighted by Gasteiger charge is -2.53. The lowest BCUT2D eigenvalue weighted by molar-refractivity contribution is -0.125. The van der Waals surface area contributed by atoms with Gasteiger partial charge in [-0.25, -0.2) is 0 Å². The van der Waals surface area contributed by atoms with Gasteiger partial charge in [0, 0.05) is 36.9 Å². The number of rotatable bonds is 3. The molecule has 2 unspecified atom stereocenters. The normalized spacial score (nSPS) is 26.0. The first-order valence-electron chi connectivity index (χ1n) is 10.4. The summed E-state index contributed by atoms with van der Waals surface area (Å²) >= 11 is 6.05. The van der Waals surface area contributed by atoms with Crippen LogP contribution in [0, 0.1) is 5.41 Å². The summed E-state index contributed by atoms with van der Waals surface area (Å²) in [6, 6.07) is 15.6. The van der Waals surface area contributed by atoms with Crippen molar-refractivity contribution >= 4 is 34.6 Å². The van der Waals surface area contributed by atoms with Crippen LogP contribution in [0.25, 0.3) is 0 Å². The monoisotopic (exact) mass is 424 g/mol. The number of amides is 1. The van der Waals surface area contributed by atoms with Gasteiger partial charge in [0.1, 0.15) is 5.41 Å². The number of anilines is 2. The molecule has 0 saturated carbocycles. The molecule has 2 aromatic carbocycles. The van der Waals surface area contributed by atoms with E-state index in [-0.39, 0.29) is 18.6 Å². The van der Waals surface area contributed by atoms with Gasteiger partial charge >= 0.3 is 0 Å². The summed E-state index contributed by atoms with van der Waals surface area (Å²) in [7, 11) is 0. The van der Waals surface area contributed by atoms with E-state index in [4.69, 9.17) is 16.7 Å². The molecular formula is C23H25ClN4O2. The summed E-state index contributed by atoms with van der Waals surface area (Å²) in [4.78, 5) is 18.6. The average molecular weight is 425 g/mol. The number of hydrogen-bond donors (Lipinski definition) is 1. The summed E-state index contributed by atoms with van der Waals surface area (Å²) in [6.07, 6.45) is 0.634. The second-order valence-corrected chi connectivity index (χ2v) is 8.73. The Morgan fingerprint density at radius 3 is 2.70 bits per heavy atom. The molecule has 7 heteroatoms. The zero-order valence-electron chi connectivity index (χ0n) is 17.0. The molecule has 6 nitrogen and oxygen atoms in total. The van der Waals surface area contributed by atoms with Crippen LogP contribution in [0.5, 0.6) is 0 Å². The first kappa shape index (κ1) is 19.5. The number of aliphatic hydroxyl groups is 1. The van der Waals surface area contributed by atoms with Crippen molar-refractivity contribution in [1.82, 2.24) is 4.90 Å². The average Bonchev–Trinajstić information content (AvgIpc) is 3.00. The number of hydrogen-bond acceptors (Lipinski definition) is 5. The first-order valence-corrected chi connectivity index (χ1v) is 10.8.